The minimum absolute atomic E-state index is 0.0367. The molecule has 2 amide bonds. The maximum Gasteiger partial charge on any atom is 0.243 e. The first-order valence-corrected chi connectivity index (χ1v) is 20.2. The van der Waals surface area contributed by atoms with Crippen molar-refractivity contribution in [3.05, 3.63) is 89.7 Å². The first kappa shape index (κ1) is 40.2. The zero-order valence-electron chi connectivity index (χ0n) is 30.4. The number of nitrogens with zero attached hydrogens (tertiary/aromatic N) is 2. The highest BCUT2D eigenvalue weighted by Crippen LogP contribution is 2.28. The van der Waals surface area contributed by atoms with Crippen LogP contribution in [-0.2, 0) is 32.6 Å². The molecule has 0 bridgehead atoms. The Hall–Kier alpha value is -3.99. The van der Waals surface area contributed by atoms with E-state index in [1.165, 1.54) is 42.4 Å². The van der Waals surface area contributed by atoms with Gasteiger partial charge in [-0.15, -0.1) is 0 Å². The minimum Gasteiger partial charge on any atom is -0.390 e. The molecule has 286 valence electrons. The predicted octanol–water partition coefficient (Wildman–Crippen LogP) is 3.63. The van der Waals surface area contributed by atoms with Gasteiger partial charge in [-0.3, -0.25) is 9.59 Å². The Morgan fingerprint density at radius 1 is 0.981 bits per heavy atom. The van der Waals surface area contributed by atoms with Crippen LogP contribution in [0.4, 0.5) is 9.52 Å². The molecule has 12 nitrogen and oxygen atoms in total. The van der Waals surface area contributed by atoms with Crippen molar-refractivity contribution < 1.29 is 27.5 Å². The van der Waals surface area contributed by atoms with Crippen molar-refractivity contribution in [1.82, 2.24) is 30.6 Å². The van der Waals surface area contributed by atoms with E-state index in [9.17, 15) is 27.5 Å². The Kier molecular flexibility index (Phi) is 13.9. The summed E-state index contributed by atoms with van der Waals surface area (Å²) >= 11 is 1.38. The van der Waals surface area contributed by atoms with E-state index in [1.807, 2.05) is 51.1 Å². The summed E-state index contributed by atoms with van der Waals surface area (Å²) in [5.74, 6) is -1.34. The van der Waals surface area contributed by atoms with Crippen LogP contribution < -0.4 is 26.0 Å². The second kappa shape index (κ2) is 18.4. The molecule has 6 N–H and O–H groups in total. The van der Waals surface area contributed by atoms with E-state index >= 15 is 0 Å². The fourth-order valence-corrected chi connectivity index (χ4v) is 8.25. The summed E-state index contributed by atoms with van der Waals surface area (Å²) in [7, 11) is -4.04. The topological polar surface area (TPSA) is 165 Å². The maximum absolute atomic E-state index is 13.8. The molecule has 5 rings (SSSR count). The monoisotopic (exact) mass is 767 g/mol. The van der Waals surface area contributed by atoms with Gasteiger partial charge in [0.15, 0.2) is 5.13 Å². The Morgan fingerprint density at radius 2 is 1.72 bits per heavy atom. The van der Waals surface area contributed by atoms with Crippen LogP contribution in [0.2, 0.25) is 0 Å². The molecule has 0 spiro atoms. The van der Waals surface area contributed by atoms with Crippen LogP contribution in [0.5, 0.6) is 0 Å². The van der Waals surface area contributed by atoms with Crippen molar-refractivity contribution in [2.24, 2.45) is 5.41 Å². The van der Waals surface area contributed by atoms with Crippen LogP contribution in [0, 0.1) is 11.2 Å². The highest BCUT2D eigenvalue weighted by atomic mass is 32.2. The number of carbonyl (C=O) groups excluding carboxylic acids is 2. The first-order valence-electron chi connectivity index (χ1n) is 17.9. The zero-order valence-corrected chi connectivity index (χ0v) is 32.0. The third kappa shape index (κ3) is 12.0. The number of anilines is 1. The fourth-order valence-electron chi connectivity index (χ4n) is 6.17. The average Bonchev–Trinajstić information content (AvgIpc) is 3.79. The number of benzene rings is 3. The van der Waals surface area contributed by atoms with E-state index in [-0.39, 0.29) is 36.8 Å². The minimum atomic E-state index is -4.04. The number of fused-ring (bicyclic) bond motifs is 1. The lowest BCUT2D eigenvalue weighted by atomic mass is 9.85. The summed E-state index contributed by atoms with van der Waals surface area (Å²) in [6.45, 7) is 9.09. The number of thiazole rings is 1. The van der Waals surface area contributed by atoms with Gasteiger partial charge in [-0.2, -0.15) is 0 Å². The summed E-state index contributed by atoms with van der Waals surface area (Å²) in [6, 6.07) is 18.1. The number of aromatic nitrogens is 1. The third-order valence-electron chi connectivity index (χ3n) is 9.08. The number of aliphatic hydroxyl groups excluding tert-OH is 1. The van der Waals surface area contributed by atoms with Gasteiger partial charge in [0.1, 0.15) is 11.9 Å². The zero-order chi connectivity index (χ0) is 38.0. The van der Waals surface area contributed by atoms with Gasteiger partial charge in [0.2, 0.25) is 21.8 Å². The molecule has 3 atom stereocenters. The van der Waals surface area contributed by atoms with Crippen LogP contribution in [0.25, 0.3) is 10.2 Å². The van der Waals surface area contributed by atoms with Gasteiger partial charge in [-0.05, 0) is 79.2 Å². The molecule has 1 saturated heterocycles. The number of carbonyl (C=O) groups is 2. The Labute approximate surface area is 315 Å². The van der Waals surface area contributed by atoms with Crippen LogP contribution in [-0.4, -0.2) is 92.7 Å². The van der Waals surface area contributed by atoms with Gasteiger partial charge in [-0.25, -0.2) is 22.5 Å². The molecule has 2 heterocycles. The average molecular weight is 768 g/mol. The molecular weight excluding hydrogens is 718 g/mol. The van der Waals surface area contributed by atoms with E-state index in [0.717, 1.165) is 36.9 Å². The molecule has 15 heteroatoms. The van der Waals surface area contributed by atoms with Crippen LogP contribution in [0.1, 0.15) is 44.7 Å². The van der Waals surface area contributed by atoms with E-state index in [1.54, 1.807) is 24.3 Å². The Morgan fingerprint density at radius 3 is 2.43 bits per heavy atom. The number of hydrogen-bond acceptors (Lipinski definition) is 10. The smallest absolute Gasteiger partial charge is 0.243 e. The number of rotatable bonds is 18. The van der Waals surface area contributed by atoms with Gasteiger partial charge < -0.3 is 31.3 Å². The van der Waals surface area contributed by atoms with Crippen molar-refractivity contribution in [2.45, 2.75) is 69.7 Å². The molecule has 53 heavy (non-hydrogen) atoms. The largest absolute Gasteiger partial charge is 0.390 e. The normalized spacial score (nSPS) is 15.6. The molecule has 0 aliphatic carbocycles. The number of nitrogens with one attached hydrogen (secondary N) is 5. The van der Waals surface area contributed by atoms with Gasteiger partial charge in [0, 0.05) is 26.2 Å². The molecular formula is C38H50FN7O5S2. The van der Waals surface area contributed by atoms with Crippen molar-refractivity contribution in [3.63, 3.8) is 0 Å². The molecule has 0 radical (unpaired) electrons. The Bertz CT molecular complexity index is 1930. The molecule has 1 unspecified atom stereocenters. The molecule has 1 aliphatic rings. The van der Waals surface area contributed by atoms with E-state index in [0.29, 0.717) is 15.8 Å². The predicted molar refractivity (Wildman–Crippen MR) is 207 cm³/mol. The second-order valence-corrected chi connectivity index (χ2v) is 17.2. The maximum atomic E-state index is 13.8. The molecule has 1 fully saturated rings. The van der Waals surface area contributed by atoms with Gasteiger partial charge >= 0.3 is 0 Å². The number of aliphatic hydroxyl groups is 1. The summed E-state index contributed by atoms with van der Waals surface area (Å²) < 4.78 is 43.7. The second-order valence-electron chi connectivity index (χ2n) is 14.4. The molecule has 4 aromatic rings. The van der Waals surface area contributed by atoms with E-state index < -0.39 is 45.4 Å². The number of amides is 2. The Balaban J connectivity index is 1.21. The summed E-state index contributed by atoms with van der Waals surface area (Å²) in [6.07, 6.45) is 1.33. The van der Waals surface area contributed by atoms with Crippen molar-refractivity contribution in [2.75, 3.05) is 44.6 Å². The van der Waals surface area contributed by atoms with Crippen LogP contribution >= 0.6 is 11.3 Å². The van der Waals surface area contributed by atoms with Crippen molar-refractivity contribution in [1.29, 1.82) is 0 Å². The summed E-state index contributed by atoms with van der Waals surface area (Å²) in [5.41, 5.74) is 1.46. The van der Waals surface area contributed by atoms with Crippen LogP contribution in [0.15, 0.2) is 77.7 Å². The standard InChI is InChI=1S/C38H50FN7O5S2/c1-38(2,3)35(45-34(48)25-40-23-27-12-9-13-28(39)20-27)36(49)43-31(21-26-10-5-4-6-11-26)32(47)24-42-53(50,51)29-14-15-30-33(22-29)52-37(44-30)41-16-19-46-17-7-8-18-46/h4-6,9-15,20,22,31-32,35,40,42,47H,7-8,16-19,21,23-25H2,1-3H3,(H,41,44)(H,43,49)(H,45,48)/t31-,32+,35?/m0/s1. The summed E-state index contributed by atoms with van der Waals surface area (Å²) in [4.78, 5) is 33.8. The lowest BCUT2D eigenvalue weighted by Gasteiger charge is -2.33. The fraction of sp³-hybridized carbons (Fsp3) is 0.447. The highest BCUT2D eigenvalue weighted by Gasteiger charge is 2.35. The number of hydrogen-bond donors (Lipinski definition) is 6. The SMILES string of the molecule is CC(C)(C)C(NC(=O)CNCc1cccc(F)c1)C(=O)N[C@@H](Cc1ccccc1)[C@H](O)CNS(=O)(=O)c1ccc2nc(NCCN3CCCC3)sc2c1. The lowest BCUT2D eigenvalue weighted by Crippen LogP contribution is -2.59. The molecule has 1 aromatic heterocycles. The van der Waals surface area contributed by atoms with E-state index in [4.69, 9.17) is 0 Å². The van der Waals surface area contributed by atoms with Gasteiger partial charge in [0.25, 0.3) is 0 Å². The third-order valence-corrected chi connectivity index (χ3v) is 11.5. The molecule has 1 aliphatic heterocycles. The van der Waals surface area contributed by atoms with Gasteiger partial charge in [0.05, 0.1) is 33.8 Å². The summed E-state index contributed by atoms with van der Waals surface area (Å²) in [5, 5.41) is 24.1. The van der Waals surface area contributed by atoms with Crippen molar-refractivity contribution >= 4 is 48.5 Å². The van der Waals surface area contributed by atoms with Crippen LogP contribution in [0.3, 0.4) is 0 Å². The molecule has 0 saturated carbocycles. The van der Waals surface area contributed by atoms with E-state index in [2.05, 4.69) is 35.9 Å². The lowest BCUT2D eigenvalue weighted by molar-refractivity contribution is -0.132. The number of likely N-dealkylation sites (tertiary alicyclic amines) is 1. The highest BCUT2D eigenvalue weighted by molar-refractivity contribution is 7.89. The molecule has 3 aromatic carbocycles. The van der Waals surface area contributed by atoms with Gasteiger partial charge in [-0.1, -0.05) is 74.6 Å². The first-order chi connectivity index (χ1) is 25.3. The number of halogens is 1. The quantitative estimate of drug-likeness (QED) is 0.0888. The van der Waals surface area contributed by atoms with Crippen molar-refractivity contribution in [3.8, 4) is 0 Å². The number of sulfonamides is 1.